The van der Waals surface area contributed by atoms with E-state index in [1.54, 1.807) is 0 Å². The van der Waals surface area contributed by atoms with Crippen molar-refractivity contribution in [3.05, 3.63) is 47.0 Å². The normalized spacial score (nSPS) is 26.1. The third kappa shape index (κ3) is 6.32. The summed E-state index contributed by atoms with van der Waals surface area (Å²) < 4.78 is 0. The first-order chi connectivity index (χ1) is 15.9. The van der Waals surface area contributed by atoms with Crippen LogP contribution in [0.25, 0.3) is 0 Å². The molecular formula is C26H36N2O6. The van der Waals surface area contributed by atoms with Crippen molar-refractivity contribution in [1.82, 2.24) is 0 Å². The van der Waals surface area contributed by atoms with Gasteiger partial charge in [0.25, 0.3) is 0 Å². The number of hydrogen-bond donors (Lipinski definition) is 3. The van der Waals surface area contributed by atoms with Crippen LogP contribution in [-0.2, 0) is 19.8 Å². The maximum Gasteiger partial charge on any atom is 0.328 e. The van der Waals surface area contributed by atoms with Gasteiger partial charge < -0.3 is 20.8 Å². The summed E-state index contributed by atoms with van der Waals surface area (Å²) in [5, 5.41) is 19.8. The summed E-state index contributed by atoms with van der Waals surface area (Å²) in [5.41, 5.74) is 8.75. The van der Waals surface area contributed by atoms with Crippen LogP contribution in [-0.4, -0.2) is 47.3 Å². The largest absolute Gasteiger partial charge is 0.478 e. The molecule has 34 heavy (non-hydrogen) atoms. The third-order valence-electron chi connectivity index (χ3n) is 6.99. The van der Waals surface area contributed by atoms with Gasteiger partial charge in [-0.25, -0.2) is 9.59 Å². The van der Waals surface area contributed by atoms with Crippen molar-refractivity contribution in [2.45, 2.75) is 64.7 Å². The summed E-state index contributed by atoms with van der Waals surface area (Å²) in [5.74, 6) is -1.56. The zero-order valence-corrected chi connectivity index (χ0v) is 20.4. The van der Waals surface area contributed by atoms with Crippen LogP contribution in [0.1, 0.15) is 80.8 Å². The highest BCUT2D eigenvalue weighted by Crippen LogP contribution is 2.56. The summed E-state index contributed by atoms with van der Waals surface area (Å²) in [7, 11) is 0. The molecule has 1 fully saturated rings. The Bertz CT molecular complexity index is 954. The van der Waals surface area contributed by atoms with Crippen LogP contribution in [0.4, 0.5) is 0 Å². The molecule has 3 rings (SSSR count). The van der Waals surface area contributed by atoms with Crippen LogP contribution < -0.4 is 5.73 Å². The van der Waals surface area contributed by atoms with Crippen LogP contribution in [0.2, 0.25) is 0 Å². The van der Waals surface area contributed by atoms with E-state index in [4.69, 9.17) is 20.8 Å². The molecule has 0 spiro atoms. The molecule has 0 radical (unpaired) electrons. The number of fused-ring (bicyclic) bond motifs is 3. The Morgan fingerprint density at radius 1 is 1.21 bits per heavy atom. The number of nitrogens with zero attached hydrogens (tertiary/aromatic N) is 1. The summed E-state index contributed by atoms with van der Waals surface area (Å²) in [4.78, 5) is 37.4. The Balaban J connectivity index is 0.000000440. The van der Waals surface area contributed by atoms with Gasteiger partial charge in [-0.3, -0.25) is 4.79 Å². The van der Waals surface area contributed by atoms with Gasteiger partial charge in [0, 0.05) is 42.3 Å². The highest BCUT2D eigenvalue weighted by Gasteiger charge is 2.53. The SMILES string of the molecule is CC(C)c1ccc2c(c1)C(=O)C[C@H]1[C@](C)(/C=N/OCCN)CCC[C@]21C.O=C(O)/C=C/C(=O)O. The van der Waals surface area contributed by atoms with E-state index in [0.717, 1.165) is 24.8 Å². The van der Waals surface area contributed by atoms with E-state index in [2.05, 4.69) is 51.0 Å². The molecule has 8 heteroatoms. The van der Waals surface area contributed by atoms with Gasteiger partial charge in [0.1, 0.15) is 6.61 Å². The molecule has 0 saturated heterocycles. The summed E-state index contributed by atoms with van der Waals surface area (Å²) in [6, 6.07) is 6.55. The quantitative estimate of drug-likeness (QED) is 0.235. The average molecular weight is 473 g/mol. The first-order valence-electron chi connectivity index (χ1n) is 11.6. The topological polar surface area (TPSA) is 139 Å². The van der Waals surface area contributed by atoms with Crippen molar-refractivity contribution >= 4 is 23.9 Å². The van der Waals surface area contributed by atoms with E-state index < -0.39 is 11.9 Å². The predicted molar refractivity (Wildman–Crippen MR) is 130 cm³/mol. The van der Waals surface area contributed by atoms with Crippen LogP contribution >= 0.6 is 0 Å². The van der Waals surface area contributed by atoms with Gasteiger partial charge in [-0.05, 0) is 47.3 Å². The van der Waals surface area contributed by atoms with Crippen molar-refractivity contribution in [1.29, 1.82) is 0 Å². The maximum absolute atomic E-state index is 13.0. The van der Waals surface area contributed by atoms with E-state index in [1.165, 1.54) is 11.1 Å². The molecule has 8 nitrogen and oxygen atoms in total. The van der Waals surface area contributed by atoms with E-state index in [0.29, 0.717) is 37.6 Å². The number of hydrogen-bond acceptors (Lipinski definition) is 6. The Morgan fingerprint density at radius 2 is 1.85 bits per heavy atom. The minimum absolute atomic E-state index is 0.00560. The highest BCUT2D eigenvalue weighted by molar-refractivity contribution is 6.00. The van der Waals surface area contributed by atoms with E-state index >= 15 is 0 Å². The van der Waals surface area contributed by atoms with Crippen molar-refractivity contribution in [2.75, 3.05) is 13.2 Å². The molecule has 0 aromatic heterocycles. The number of benzene rings is 1. The first kappa shape index (κ1) is 27.2. The Hall–Kier alpha value is -3.00. The van der Waals surface area contributed by atoms with Crippen LogP contribution in [0.15, 0.2) is 35.5 Å². The summed E-state index contributed by atoms with van der Waals surface area (Å²) in [6.45, 7) is 9.80. The number of carbonyl (C=O) groups excluding carboxylic acids is 1. The molecule has 0 amide bonds. The van der Waals surface area contributed by atoms with E-state index in [-0.39, 0.29) is 22.5 Å². The van der Waals surface area contributed by atoms with Gasteiger partial charge in [-0.15, -0.1) is 0 Å². The molecule has 186 valence electrons. The molecule has 1 aromatic rings. The number of carboxylic acid groups (broad SMARTS) is 2. The fourth-order valence-electron chi connectivity index (χ4n) is 5.20. The van der Waals surface area contributed by atoms with Gasteiger partial charge in [-0.2, -0.15) is 0 Å². The van der Waals surface area contributed by atoms with E-state index in [1.807, 2.05) is 6.21 Å². The lowest BCUT2D eigenvalue weighted by molar-refractivity contribution is -0.134. The molecular weight excluding hydrogens is 436 g/mol. The number of carboxylic acids is 2. The Labute approximate surface area is 200 Å². The monoisotopic (exact) mass is 472 g/mol. The van der Waals surface area contributed by atoms with Crippen LogP contribution in [0, 0.1) is 11.3 Å². The zero-order valence-electron chi connectivity index (χ0n) is 20.4. The van der Waals surface area contributed by atoms with Crippen LogP contribution in [0.3, 0.4) is 0 Å². The molecule has 4 N–H and O–H groups in total. The van der Waals surface area contributed by atoms with Crippen LogP contribution in [0.5, 0.6) is 0 Å². The number of rotatable bonds is 7. The van der Waals surface area contributed by atoms with Gasteiger partial charge in [-0.1, -0.05) is 51.4 Å². The van der Waals surface area contributed by atoms with Gasteiger partial charge in [0.15, 0.2) is 5.78 Å². The lowest BCUT2D eigenvalue weighted by Crippen LogP contribution is -2.51. The Kier molecular flexibility index (Phi) is 9.15. The second-order valence-electron chi connectivity index (χ2n) is 9.78. The van der Waals surface area contributed by atoms with Gasteiger partial charge >= 0.3 is 11.9 Å². The number of carbonyl (C=O) groups is 3. The number of oxime groups is 1. The molecule has 2 aliphatic rings. The molecule has 0 aliphatic heterocycles. The lowest BCUT2D eigenvalue weighted by Gasteiger charge is -2.53. The first-order valence-corrected chi connectivity index (χ1v) is 11.6. The fourth-order valence-corrected chi connectivity index (χ4v) is 5.20. The number of aliphatic carboxylic acids is 2. The maximum atomic E-state index is 13.0. The predicted octanol–water partition coefficient (Wildman–Crippen LogP) is 4.13. The highest BCUT2D eigenvalue weighted by atomic mass is 16.6. The standard InChI is InChI=1S/C22H32N2O2.C4H4O4/c1-15(2)16-6-7-18-17(12-16)19(25)13-20-21(3,14-24-26-11-10-23)8-5-9-22(18,20)4;5-3(6)1-2-4(7)8/h6-7,12,14-15,20H,5,8-11,13,23H2,1-4H3;1-2H,(H,5,6)(H,7,8)/b24-14+;2-1+/t20-,21-,22+;/m0./s1. The third-order valence-corrected chi connectivity index (χ3v) is 6.99. The second kappa shape index (κ2) is 11.4. The van der Waals surface area contributed by atoms with Crippen molar-refractivity contribution in [3.63, 3.8) is 0 Å². The molecule has 1 saturated carbocycles. The molecule has 1 aromatic carbocycles. The van der Waals surface area contributed by atoms with Crippen molar-refractivity contribution in [2.24, 2.45) is 22.2 Å². The molecule has 0 bridgehead atoms. The lowest BCUT2D eigenvalue weighted by atomic mass is 9.50. The smallest absolute Gasteiger partial charge is 0.328 e. The van der Waals surface area contributed by atoms with Crippen molar-refractivity contribution < 1.29 is 29.4 Å². The number of ketones is 1. The number of Topliss-reactive ketones (excluding diaryl/α,β-unsaturated/α-hetero) is 1. The van der Waals surface area contributed by atoms with Gasteiger partial charge in [0.05, 0.1) is 0 Å². The number of nitrogens with two attached hydrogens (primary N) is 1. The van der Waals surface area contributed by atoms with Gasteiger partial charge in [0.2, 0.25) is 0 Å². The summed E-state index contributed by atoms with van der Waals surface area (Å²) >= 11 is 0. The summed E-state index contributed by atoms with van der Waals surface area (Å²) in [6.07, 6.45) is 6.92. The average Bonchev–Trinajstić information content (AvgIpc) is 2.77. The van der Waals surface area contributed by atoms with Crippen molar-refractivity contribution in [3.8, 4) is 0 Å². The molecule has 3 atom stereocenters. The molecule has 2 aliphatic carbocycles. The van der Waals surface area contributed by atoms with E-state index in [9.17, 15) is 14.4 Å². The fraction of sp³-hybridized carbons (Fsp3) is 0.538. The molecule has 0 unspecified atom stereocenters. The minimum atomic E-state index is -1.26. The molecule has 0 heterocycles. The minimum Gasteiger partial charge on any atom is -0.478 e. The zero-order chi connectivity index (χ0) is 25.5. The Morgan fingerprint density at radius 3 is 2.41 bits per heavy atom. The second-order valence-corrected chi connectivity index (χ2v) is 9.78.